The zero-order chi connectivity index (χ0) is 14.7. The maximum absolute atomic E-state index is 9.02. The number of aromatic nitrogens is 1. The van der Waals surface area contributed by atoms with E-state index in [1.807, 2.05) is 36.5 Å². The molecule has 0 aliphatic carbocycles. The van der Waals surface area contributed by atoms with Crippen LogP contribution in [0.2, 0.25) is 0 Å². The third-order valence-electron chi connectivity index (χ3n) is 3.48. The number of fused-ring (bicyclic) bond motifs is 1. The molecule has 1 N–H and O–H groups in total. The second kappa shape index (κ2) is 6.08. The normalized spacial score (nSPS) is 11.4. The highest BCUT2D eigenvalue weighted by molar-refractivity contribution is 5.81. The van der Waals surface area contributed by atoms with Gasteiger partial charge in [-0.2, -0.15) is 0 Å². The molecular formula is C17H18N2O2. The van der Waals surface area contributed by atoms with Crippen LogP contribution in [0.4, 0.5) is 0 Å². The Balaban J connectivity index is 1.75. The van der Waals surface area contributed by atoms with Gasteiger partial charge in [-0.15, -0.1) is 0 Å². The summed E-state index contributed by atoms with van der Waals surface area (Å²) in [4.78, 5) is 6.57. The zero-order valence-electron chi connectivity index (χ0n) is 12.0. The Morgan fingerprint density at radius 1 is 1.05 bits per heavy atom. The Bertz CT molecular complexity index is 731. The van der Waals surface area contributed by atoms with E-state index in [-0.39, 0.29) is 6.61 Å². The summed E-state index contributed by atoms with van der Waals surface area (Å²) in [5, 5.41) is 10.2. The molecule has 0 atom stereocenters. The molecule has 0 saturated carbocycles. The predicted octanol–water partition coefficient (Wildman–Crippen LogP) is 2.95. The van der Waals surface area contributed by atoms with Gasteiger partial charge in [0.25, 0.3) is 0 Å². The third-order valence-corrected chi connectivity index (χ3v) is 3.48. The maximum atomic E-state index is 9.02. The molecule has 3 rings (SSSR count). The van der Waals surface area contributed by atoms with Crippen molar-refractivity contribution in [2.45, 2.75) is 19.7 Å². The van der Waals surface area contributed by atoms with Crippen molar-refractivity contribution in [3.63, 3.8) is 0 Å². The van der Waals surface area contributed by atoms with Gasteiger partial charge in [-0.25, -0.2) is 0 Å². The van der Waals surface area contributed by atoms with Gasteiger partial charge in [-0.1, -0.05) is 18.2 Å². The molecule has 1 aromatic carbocycles. The largest absolute Gasteiger partial charge is 0.462 e. The fraction of sp³-hybridized carbons (Fsp3) is 0.235. The topological polar surface area (TPSA) is 49.5 Å². The summed E-state index contributed by atoms with van der Waals surface area (Å²) in [6.07, 6.45) is 1.81. The third kappa shape index (κ3) is 3.12. The quantitative estimate of drug-likeness (QED) is 0.781. The first-order valence-corrected chi connectivity index (χ1v) is 6.96. The number of furan rings is 1. The monoisotopic (exact) mass is 282 g/mol. The first-order chi connectivity index (χ1) is 10.3. The van der Waals surface area contributed by atoms with E-state index >= 15 is 0 Å². The first kappa shape index (κ1) is 13.8. The highest BCUT2D eigenvalue weighted by Gasteiger charge is 2.08. The van der Waals surface area contributed by atoms with Gasteiger partial charge in [0.1, 0.15) is 18.1 Å². The average molecular weight is 282 g/mol. The molecule has 0 radical (unpaired) electrons. The Morgan fingerprint density at radius 3 is 2.71 bits per heavy atom. The summed E-state index contributed by atoms with van der Waals surface area (Å²) < 4.78 is 5.52. The minimum absolute atomic E-state index is 0.0568. The number of hydrogen-bond donors (Lipinski definition) is 1. The van der Waals surface area contributed by atoms with Crippen LogP contribution in [0.1, 0.15) is 17.1 Å². The first-order valence-electron chi connectivity index (χ1n) is 6.96. The van der Waals surface area contributed by atoms with E-state index in [0.717, 1.165) is 17.8 Å². The van der Waals surface area contributed by atoms with E-state index in [0.29, 0.717) is 12.3 Å². The van der Waals surface area contributed by atoms with Crippen LogP contribution in [-0.2, 0) is 19.7 Å². The van der Waals surface area contributed by atoms with Gasteiger partial charge in [0, 0.05) is 18.1 Å². The molecule has 4 nitrogen and oxygen atoms in total. The highest BCUT2D eigenvalue weighted by Crippen LogP contribution is 2.19. The van der Waals surface area contributed by atoms with Crippen LogP contribution in [0.3, 0.4) is 0 Å². The standard InChI is InChI=1S/C17H18N2O2/c1-19(11-14-7-8-15(12-20)21-14)10-13-4-2-6-17-16(13)5-3-9-18-17/h2-9,20H,10-12H2,1H3. The van der Waals surface area contributed by atoms with Crippen LogP contribution < -0.4 is 0 Å². The van der Waals surface area contributed by atoms with Gasteiger partial charge >= 0.3 is 0 Å². The molecule has 4 heteroatoms. The molecule has 0 aliphatic rings. The van der Waals surface area contributed by atoms with Crippen molar-refractivity contribution in [1.29, 1.82) is 0 Å². The molecule has 0 aliphatic heterocycles. The number of nitrogens with zero attached hydrogens (tertiary/aromatic N) is 2. The van der Waals surface area contributed by atoms with Crippen LogP contribution in [0.15, 0.2) is 53.1 Å². The Hall–Kier alpha value is -2.17. The average Bonchev–Trinajstić information content (AvgIpc) is 2.95. The number of hydrogen-bond acceptors (Lipinski definition) is 4. The minimum Gasteiger partial charge on any atom is -0.462 e. The van der Waals surface area contributed by atoms with E-state index in [1.165, 1.54) is 10.9 Å². The van der Waals surface area contributed by atoms with E-state index in [1.54, 1.807) is 0 Å². The molecule has 0 fully saturated rings. The van der Waals surface area contributed by atoms with Crippen molar-refractivity contribution in [3.05, 3.63) is 65.7 Å². The Labute approximate surface area is 123 Å². The van der Waals surface area contributed by atoms with E-state index < -0.39 is 0 Å². The number of aliphatic hydroxyl groups excluding tert-OH is 1. The van der Waals surface area contributed by atoms with Crippen LogP contribution in [0.5, 0.6) is 0 Å². The molecule has 108 valence electrons. The van der Waals surface area contributed by atoms with Crippen molar-refractivity contribution in [2.24, 2.45) is 0 Å². The molecule has 0 amide bonds. The summed E-state index contributed by atoms with van der Waals surface area (Å²) in [6.45, 7) is 1.47. The Morgan fingerprint density at radius 2 is 1.90 bits per heavy atom. The highest BCUT2D eigenvalue weighted by atomic mass is 16.4. The molecule has 3 aromatic rings. The lowest BCUT2D eigenvalue weighted by Gasteiger charge is -2.16. The number of rotatable bonds is 5. The summed E-state index contributed by atoms with van der Waals surface area (Å²) in [5.41, 5.74) is 2.26. The van der Waals surface area contributed by atoms with E-state index in [2.05, 4.69) is 29.1 Å². The second-order valence-corrected chi connectivity index (χ2v) is 5.19. The summed E-state index contributed by atoms with van der Waals surface area (Å²) >= 11 is 0. The molecule has 0 bridgehead atoms. The van der Waals surface area contributed by atoms with Crippen LogP contribution in [0.25, 0.3) is 10.9 Å². The molecule has 0 unspecified atom stereocenters. The van der Waals surface area contributed by atoms with Crippen molar-refractivity contribution < 1.29 is 9.52 Å². The van der Waals surface area contributed by atoms with Gasteiger partial charge in [0.05, 0.1) is 12.1 Å². The smallest absolute Gasteiger partial charge is 0.129 e. The van der Waals surface area contributed by atoms with Crippen molar-refractivity contribution >= 4 is 10.9 Å². The van der Waals surface area contributed by atoms with Gasteiger partial charge in [0.15, 0.2) is 0 Å². The predicted molar refractivity (Wildman–Crippen MR) is 81.5 cm³/mol. The molecule has 2 aromatic heterocycles. The van der Waals surface area contributed by atoms with Crippen LogP contribution in [-0.4, -0.2) is 22.0 Å². The summed E-state index contributed by atoms with van der Waals surface area (Å²) in [7, 11) is 2.05. The van der Waals surface area contributed by atoms with E-state index in [4.69, 9.17) is 9.52 Å². The van der Waals surface area contributed by atoms with Gasteiger partial charge in [-0.3, -0.25) is 9.88 Å². The Kier molecular flexibility index (Phi) is 3.99. The lowest BCUT2D eigenvalue weighted by molar-refractivity contribution is 0.231. The number of aliphatic hydroxyl groups is 1. The fourth-order valence-corrected chi connectivity index (χ4v) is 2.51. The summed E-state index contributed by atoms with van der Waals surface area (Å²) in [5.74, 6) is 1.47. The van der Waals surface area contributed by atoms with Crippen molar-refractivity contribution in [3.8, 4) is 0 Å². The molecule has 0 saturated heterocycles. The molecule has 2 heterocycles. The van der Waals surface area contributed by atoms with Crippen LogP contribution in [0, 0.1) is 0 Å². The minimum atomic E-state index is -0.0568. The van der Waals surface area contributed by atoms with Gasteiger partial charge in [0.2, 0.25) is 0 Å². The number of pyridine rings is 1. The maximum Gasteiger partial charge on any atom is 0.129 e. The lowest BCUT2D eigenvalue weighted by Crippen LogP contribution is -2.17. The van der Waals surface area contributed by atoms with Gasteiger partial charge < -0.3 is 9.52 Å². The van der Waals surface area contributed by atoms with Crippen molar-refractivity contribution in [2.75, 3.05) is 7.05 Å². The zero-order valence-corrected chi connectivity index (χ0v) is 12.0. The van der Waals surface area contributed by atoms with Crippen LogP contribution >= 0.6 is 0 Å². The molecule has 21 heavy (non-hydrogen) atoms. The van der Waals surface area contributed by atoms with Crippen molar-refractivity contribution in [1.82, 2.24) is 9.88 Å². The SMILES string of the molecule is CN(Cc1ccc(CO)o1)Cc1cccc2ncccc12. The second-order valence-electron chi connectivity index (χ2n) is 5.19. The van der Waals surface area contributed by atoms with E-state index in [9.17, 15) is 0 Å². The number of benzene rings is 1. The molecular weight excluding hydrogens is 264 g/mol. The molecule has 0 spiro atoms. The lowest BCUT2D eigenvalue weighted by atomic mass is 10.1. The van der Waals surface area contributed by atoms with Gasteiger partial charge in [-0.05, 0) is 36.9 Å². The summed E-state index contributed by atoms with van der Waals surface area (Å²) in [6, 6.07) is 14.0. The fourth-order valence-electron chi connectivity index (χ4n) is 2.51.